The minimum atomic E-state index is -0.562. The second-order valence-corrected chi connectivity index (χ2v) is 3.44. The van der Waals surface area contributed by atoms with Gasteiger partial charge < -0.3 is 9.84 Å². The summed E-state index contributed by atoms with van der Waals surface area (Å²) in [5.74, 6) is 1.17. The third-order valence-electron chi connectivity index (χ3n) is 2.24. The summed E-state index contributed by atoms with van der Waals surface area (Å²) in [6, 6.07) is 5.72. The molecular weight excluding hydrogens is 188 g/mol. The van der Waals surface area contributed by atoms with Crippen LogP contribution in [0.4, 0.5) is 0 Å². The zero-order chi connectivity index (χ0) is 9.26. The zero-order valence-corrected chi connectivity index (χ0v) is 7.92. The lowest BCUT2D eigenvalue weighted by atomic mass is 10.1. The van der Waals surface area contributed by atoms with Gasteiger partial charge in [0, 0.05) is 6.42 Å². The van der Waals surface area contributed by atoms with Crippen molar-refractivity contribution < 1.29 is 9.84 Å². The second-order valence-electron chi connectivity index (χ2n) is 3.14. The number of hydrogen-bond acceptors (Lipinski definition) is 2. The SMILES string of the molecule is OC(CCl)c1ccc2c(c1)CCO2. The molecule has 2 nitrogen and oxygen atoms in total. The van der Waals surface area contributed by atoms with Crippen LogP contribution in [0, 0.1) is 0 Å². The molecule has 0 spiro atoms. The number of aliphatic hydroxyl groups excluding tert-OH is 1. The molecule has 1 unspecified atom stereocenters. The summed E-state index contributed by atoms with van der Waals surface area (Å²) in [7, 11) is 0. The van der Waals surface area contributed by atoms with Crippen molar-refractivity contribution in [2.24, 2.45) is 0 Å². The van der Waals surface area contributed by atoms with Crippen LogP contribution in [0.5, 0.6) is 5.75 Å². The van der Waals surface area contributed by atoms with Crippen molar-refractivity contribution in [1.82, 2.24) is 0 Å². The molecule has 0 radical (unpaired) electrons. The predicted octanol–water partition coefficient (Wildman–Crippen LogP) is 1.89. The fourth-order valence-electron chi connectivity index (χ4n) is 1.50. The van der Waals surface area contributed by atoms with Gasteiger partial charge in [0.05, 0.1) is 18.6 Å². The van der Waals surface area contributed by atoms with Gasteiger partial charge in [-0.15, -0.1) is 11.6 Å². The van der Waals surface area contributed by atoms with Gasteiger partial charge in [0.2, 0.25) is 0 Å². The molecule has 0 aromatic heterocycles. The van der Waals surface area contributed by atoms with Gasteiger partial charge in [-0.25, -0.2) is 0 Å². The topological polar surface area (TPSA) is 29.5 Å². The molecule has 1 aliphatic heterocycles. The first kappa shape index (κ1) is 8.85. The molecule has 2 rings (SSSR count). The van der Waals surface area contributed by atoms with E-state index < -0.39 is 6.10 Å². The summed E-state index contributed by atoms with van der Waals surface area (Å²) in [5.41, 5.74) is 2.04. The summed E-state index contributed by atoms with van der Waals surface area (Å²) >= 11 is 5.56. The van der Waals surface area contributed by atoms with Crippen LogP contribution in [0.3, 0.4) is 0 Å². The molecule has 1 aromatic rings. The van der Waals surface area contributed by atoms with E-state index in [9.17, 15) is 5.11 Å². The molecule has 70 valence electrons. The Morgan fingerprint density at radius 2 is 2.38 bits per heavy atom. The average Bonchev–Trinajstić information content (AvgIpc) is 2.63. The van der Waals surface area contributed by atoms with Crippen LogP contribution in [-0.2, 0) is 6.42 Å². The van der Waals surface area contributed by atoms with Gasteiger partial charge in [-0.3, -0.25) is 0 Å². The van der Waals surface area contributed by atoms with Crippen molar-refractivity contribution in [3.8, 4) is 5.75 Å². The number of benzene rings is 1. The molecular formula is C10H11ClO2. The first-order valence-corrected chi connectivity index (χ1v) is 4.84. The first-order valence-electron chi connectivity index (χ1n) is 4.31. The second kappa shape index (κ2) is 3.56. The standard InChI is InChI=1S/C10H11ClO2/c11-6-9(12)7-1-2-10-8(5-7)3-4-13-10/h1-2,5,9,12H,3-4,6H2. The van der Waals surface area contributed by atoms with Crippen LogP contribution in [0.15, 0.2) is 18.2 Å². The van der Waals surface area contributed by atoms with Gasteiger partial charge in [-0.1, -0.05) is 6.07 Å². The van der Waals surface area contributed by atoms with E-state index in [0.29, 0.717) is 0 Å². The molecule has 1 aliphatic rings. The molecule has 0 bridgehead atoms. The minimum Gasteiger partial charge on any atom is -0.493 e. The number of halogens is 1. The normalized spacial score (nSPS) is 16.5. The largest absolute Gasteiger partial charge is 0.493 e. The van der Waals surface area contributed by atoms with E-state index in [2.05, 4.69) is 0 Å². The Morgan fingerprint density at radius 1 is 1.54 bits per heavy atom. The van der Waals surface area contributed by atoms with Crippen molar-refractivity contribution >= 4 is 11.6 Å². The van der Waals surface area contributed by atoms with Crippen LogP contribution in [0.25, 0.3) is 0 Å². The van der Waals surface area contributed by atoms with Crippen molar-refractivity contribution in [3.63, 3.8) is 0 Å². The van der Waals surface area contributed by atoms with Crippen LogP contribution in [0.1, 0.15) is 17.2 Å². The Morgan fingerprint density at radius 3 is 3.15 bits per heavy atom. The predicted molar refractivity (Wildman–Crippen MR) is 51.3 cm³/mol. The maximum Gasteiger partial charge on any atom is 0.122 e. The van der Waals surface area contributed by atoms with Gasteiger partial charge >= 0.3 is 0 Å². The van der Waals surface area contributed by atoms with Gasteiger partial charge in [-0.2, -0.15) is 0 Å². The van der Waals surface area contributed by atoms with Gasteiger partial charge in [0.15, 0.2) is 0 Å². The maximum absolute atomic E-state index is 9.49. The van der Waals surface area contributed by atoms with Crippen LogP contribution < -0.4 is 4.74 Å². The van der Waals surface area contributed by atoms with E-state index in [-0.39, 0.29) is 5.88 Å². The molecule has 1 atom stereocenters. The molecule has 3 heteroatoms. The van der Waals surface area contributed by atoms with Crippen LogP contribution >= 0.6 is 11.6 Å². The third kappa shape index (κ3) is 1.64. The highest BCUT2D eigenvalue weighted by molar-refractivity contribution is 6.18. The summed E-state index contributed by atoms with van der Waals surface area (Å²) in [6.45, 7) is 0.746. The number of hydrogen-bond donors (Lipinski definition) is 1. The van der Waals surface area contributed by atoms with E-state index in [1.807, 2.05) is 18.2 Å². The summed E-state index contributed by atoms with van der Waals surface area (Å²) in [6.07, 6.45) is 0.366. The van der Waals surface area contributed by atoms with E-state index >= 15 is 0 Å². The van der Waals surface area contributed by atoms with Crippen molar-refractivity contribution in [2.45, 2.75) is 12.5 Å². The van der Waals surface area contributed by atoms with Crippen molar-refractivity contribution in [2.75, 3.05) is 12.5 Å². The lowest BCUT2D eigenvalue weighted by Crippen LogP contribution is -1.98. The highest BCUT2D eigenvalue weighted by Crippen LogP contribution is 2.28. The number of rotatable bonds is 2. The van der Waals surface area contributed by atoms with Crippen LogP contribution in [-0.4, -0.2) is 17.6 Å². The van der Waals surface area contributed by atoms with E-state index in [4.69, 9.17) is 16.3 Å². The zero-order valence-electron chi connectivity index (χ0n) is 7.16. The molecule has 0 saturated heterocycles. The smallest absolute Gasteiger partial charge is 0.122 e. The van der Waals surface area contributed by atoms with Gasteiger partial charge in [-0.05, 0) is 23.3 Å². The minimum absolute atomic E-state index is 0.236. The highest BCUT2D eigenvalue weighted by atomic mass is 35.5. The number of alkyl halides is 1. The first-order chi connectivity index (χ1) is 6.31. The third-order valence-corrected chi connectivity index (χ3v) is 2.54. The monoisotopic (exact) mass is 198 g/mol. The molecule has 1 aromatic carbocycles. The number of fused-ring (bicyclic) bond motifs is 1. The molecule has 0 saturated carbocycles. The Bertz CT molecular complexity index is 312. The van der Waals surface area contributed by atoms with E-state index in [0.717, 1.165) is 24.3 Å². The van der Waals surface area contributed by atoms with Crippen molar-refractivity contribution in [1.29, 1.82) is 0 Å². The fraction of sp³-hybridized carbons (Fsp3) is 0.400. The Balaban J connectivity index is 2.30. The summed E-state index contributed by atoms with van der Waals surface area (Å²) < 4.78 is 5.35. The number of aliphatic hydroxyl groups is 1. The summed E-state index contributed by atoms with van der Waals surface area (Å²) in [5, 5.41) is 9.49. The number of ether oxygens (including phenoxy) is 1. The quantitative estimate of drug-likeness (QED) is 0.736. The molecule has 13 heavy (non-hydrogen) atoms. The Kier molecular flexibility index (Phi) is 2.42. The van der Waals surface area contributed by atoms with Crippen LogP contribution in [0.2, 0.25) is 0 Å². The molecule has 0 fully saturated rings. The lowest BCUT2D eigenvalue weighted by molar-refractivity contribution is 0.202. The average molecular weight is 199 g/mol. The Hall–Kier alpha value is -0.730. The molecule has 1 heterocycles. The lowest BCUT2D eigenvalue weighted by Gasteiger charge is -2.08. The van der Waals surface area contributed by atoms with E-state index in [1.165, 1.54) is 5.56 Å². The van der Waals surface area contributed by atoms with Gasteiger partial charge in [0.25, 0.3) is 0 Å². The maximum atomic E-state index is 9.49. The summed E-state index contributed by atoms with van der Waals surface area (Å²) in [4.78, 5) is 0. The Labute approximate surface area is 82.1 Å². The van der Waals surface area contributed by atoms with Gasteiger partial charge in [0.1, 0.15) is 5.75 Å². The highest BCUT2D eigenvalue weighted by Gasteiger charge is 2.14. The van der Waals surface area contributed by atoms with E-state index in [1.54, 1.807) is 0 Å². The fourth-order valence-corrected chi connectivity index (χ4v) is 1.68. The van der Waals surface area contributed by atoms with Crippen molar-refractivity contribution in [3.05, 3.63) is 29.3 Å². The molecule has 1 N–H and O–H groups in total. The molecule has 0 aliphatic carbocycles. The molecule has 0 amide bonds.